The number of nitrogens with one attached hydrogen (secondary N) is 2. The number of guanidine groups is 1. The molecule has 3 rings (SSSR count). The highest BCUT2D eigenvalue weighted by Crippen LogP contribution is 2.12. The van der Waals surface area contributed by atoms with Gasteiger partial charge in [0.15, 0.2) is 5.96 Å². The summed E-state index contributed by atoms with van der Waals surface area (Å²) in [6.45, 7) is 9.73. The van der Waals surface area contributed by atoms with Crippen molar-refractivity contribution in [3.05, 3.63) is 46.5 Å². The van der Waals surface area contributed by atoms with E-state index in [2.05, 4.69) is 46.9 Å². The van der Waals surface area contributed by atoms with Gasteiger partial charge in [0, 0.05) is 43.5 Å². The van der Waals surface area contributed by atoms with Crippen LogP contribution in [0.3, 0.4) is 0 Å². The largest absolute Gasteiger partial charge is 0.469 e. The van der Waals surface area contributed by atoms with E-state index in [1.165, 1.54) is 4.88 Å². The molecule has 8 heteroatoms. The van der Waals surface area contributed by atoms with E-state index in [0.717, 1.165) is 63.8 Å². The normalized spacial score (nSPS) is 15.9. The molecule has 30 heavy (non-hydrogen) atoms. The van der Waals surface area contributed by atoms with Crippen molar-refractivity contribution >= 4 is 41.3 Å². The minimum absolute atomic E-state index is 0. The Hall–Kier alpha value is -1.10. The van der Waals surface area contributed by atoms with Gasteiger partial charge in [-0.3, -0.25) is 0 Å². The third-order valence-corrected chi connectivity index (χ3v) is 5.87. The van der Waals surface area contributed by atoms with Gasteiger partial charge in [-0.2, -0.15) is 0 Å². The summed E-state index contributed by atoms with van der Waals surface area (Å²) < 4.78 is 11.1. The van der Waals surface area contributed by atoms with Crippen LogP contribution in [-0.2, 0) is 17.7 Å². The Morgan fingerprint density at radius 2 is 2.13 bits per heavy atom. The number of piperidine rings is 1. The number of ether oxygens (including phenoxy) is 1. The zero-order chi connectivity index (χ0) is 20.3. The zero-order valence-electron chi connectivity index (χ0n) is 18.0. The van der Waals surface area contributed by atoms with Crippen LogP contribution in [-0.4, -0.2) is 55.8 Å². The first kappa shape index (κ1) is 25.2. The van der Waals surface area contributed by atoms with Crippen LogP contribution in [0.2, 0.25) is 0 Å². The number of aliphatic imine (C=N–C) groups is 1. The number of hydrogen-bond donors (Lipinski definition) is 2. The first-order valence-electron chi connectivity index (χ1n) is 10.6. The highest BCUT2D eigenvalue weighted by molar-refractivity contribution is 14.0. The van der Waals surface area contributed by atoms with Crippen LogP contribution < -0.4 is 10.6 Å². The molecule has 0 aromatic carbocycles. The zero-order valence-corrected chi connectivity index (χ0v) is 21.2. The van der Waals surface area contributed by atoms with Gasteiger partial charge in [0.2, 0.25) is 0 Å². The highest BCUT2D eigenvalue weighted by Gasteiger charge is 2.20. The number of furan rings is 1. The summed E-state index contributed by atoms with van der Waals surface area (Å²) in [4.78, 5) is 8.58. The van der Waals surface area contributed by atoms with E-state index in [1.807, 2.05) is 12.1 Å². The fourth-order valence-electron chi connectivity index (χ4n) is 3.38. The monoisotopic (exact) mass is 546 g/mol. The molecule has 0 spiro atoms. The molecule has 0 unspecified atom stereocenters. The van der Waals surface area contributed by atoms with Gasteiger partial charge in [0.1, 0.15) is 5.76 Å². The summed E-state index contributed by atoms with van der Waals surface area (Å²) in [5.41, 5.74) is 0. The summed E-state index contributed by atoms with van der Waals surface area (Å²) in [6, 6.07) is 8.60. The van der Waals surface area contributed by atoms with E-state index >= 15 is 0 Å². The van der Waals surface area contributed by atoms with Crippen molar-refractivity contribution in [3.63, 3.8) is 0 Å². The average molecular weight is 547 g/mol. The van der Waals surface area contributed by atoms with Crippen LogP contribution in [0.15, 0.2) is 45.3 Å². The third kappa shape index (κ3) is 9.36. The number of halogens is 1. The molecule has 0 radical (unpaired) electrons. The SMILES string of the molecule is CC(C)OCCN1CCC(NC(=NCc2cccs2)NCCc2ccco2)CC1.I. The third-order valence-electron chi connectivity index (χ3n) is 5.00. The van der Waals surface area contributed by atoms with Gasteiger partial charge in [0.25, 0.3) is 0 Å². The lowest BCUT2D eigenvalue weighted by atomic mass is 10.1. The lowest BCUT2D eigenvalue weighted by molar-refractivity contribution is 0.0532. The van der Waals surface area contributed by atoms with Crippen LogP contribution >= 0.6 is 35.3 Å². The number of thiophene rings is 1. The highest BCUT2D eigenvalue weighted by atomic mass is 127. The Bertz CT molecular complexity index is 699. The molecule has 0 atom stereocenters. The van der Waals surface area contributed by atoms with Gasteiger partial charge in [0.05, 0.1) is 25.5 Å². The summed E-state index contributed by atoms with van der Waals surface area (Å²) in [6.07, 6.45) is 5.13. The summed E-state index contributed by atoms with van der Waals surface area (Å²) >= 11 is 1.75. The molecular weight excluding hydrogens is 511 g/mol. The fourth-order valence-corrected chi connectivity index (χ4v) is 4.01. The van der Waals surface area contributed by atoms with Gasteiger partial charge in [-0.25, -0.2) is 4.99 Å². The van der Waals surface area contributed by atoms with Crippen LogP contribution in [0.5, 0.6) is 0 Å². The van der Waals surface area contributed by atoms with Crippen molar-refractivity contribution in [3.8, 4) is 0 Å². The lowest BCUT2D eigenvalue weighted by Gasteiger charge is -2.33. The van der Waals surface area contributed by atoms with E-state index in [9.17, 15) is 0 Å². The number of hydrogen-bond acceptors (Lipinski definition) is 5. The van der Waals surface area contributed by atoms with Gasteiger partial charge in [-0.1, -0.05) is 6.07 Å². The Morgan fingerprint density at radius 3 is 2.80 bits per heavy atom. The standard InChI is InChI=1S/C22H34N4O2S.HI/c1-18(2)27-15-13-26-11-8-19(9-12-26)25-22(24-17-21-6-4-16-29-21)23-10-7-20-5-3-14-28-20;/h3-6,14,16,18-19H,7-13,15,17H2,1-2H3,(H2,23,24,25);1H. The molecule has 1 saturated heterocycles. The molecule has 1 aliphatic heterocycles. The second kappa shape index (κ2) is 14.1. The van der Waals surface area contributed by atoms with Gasteiger partial charge in [-0.05, 0) is 50.3 Å². The predicted octanol–water partition coefficient (Wildman–Crippen LogP) is 4.13. The van der Waals surface area contributed by atoms with Crippen molar-refractivity contribution < 1.29 is 9.15 Å². The Kier molecular flexibility index (Phi) is 11.8. The van der Waals surface area contributed by atoms with Crippen LogP contribution in [0.25, 0.3) is 0 Å². The van der Waals surface area contributed by atoms with Crippen molar-refractivity contribution in [1.82, 2.24) is 15.5 Å². The molecule has 1 fully saturated rings. The maximum atomic E-state index is 5.69. The van der Waals surface area contributed by atoms with E-state index < -0.39 is 0 Å². The molecule has 0 amide bonds. The molecule has 0 bridgehead atoms. The van der Waals surface area contributed by atoms with Crippen molar-refractivity contribution in [2.75, 3.05) is 32.8 Å². The quantitative estimate of drug-likeness (QED) is 0.267. The molecule has 0 aliphatic carbocycles. The number of nitrogens with zero attached hydrogens (tertiary/aromatic N) is 2. The van der Waals surface area contributed by atoms with Crippen molar-refractivity contribution in [2.45, 2.75) is 51.8 Å². The van der Waals surface area contributed by atoms with Crippen molar-refractivity contribution in [2.24, 2.45) is 4.99 Å². The molecule has 2 aromatic heterocycles. The number of likely N-dealkylation sites (tertiary alicyclic amines) is 1. The van der Waals surface area contributed by atoms with E-state index in [1.54, 1.807) is 17.6 Å². The first-order chi connectivity index (χ1) is 14.2. The maximum Gasteiger partial charge on any atom is 0.191 e. The van der Waals surface area contributed by atoms with Crippen LogP contribution in [0.4, 0.5) is 0 Å². The van der Waals surface area contributed by atoms with Gasteiger partial charge < -0.3 is 24.7 Å². The Morgan fingerprint density at radius 1 is 1.30 bits per heavy atom. The van der Waals surface area contributed by atoms with Crippen molar-refractivity contribution in [1.29, 1.82) is 0 Å². The van der Waals surface area contributed by atoms with Gasteiger partial charge >= 0.3 is 0 Å². The maximum absolute atomic E-state index is 5.69. The minimum atomic E-state index is 0. The fraction of sp³-hybridized carbons (Fsp3) is 0.591. The summed E-state index contributed by atoms with van der Waals surface area (Å²) in [7, 11) is 0. The minimum Gasteiger partial charge on any atom is -0.469 e. The van der Waals surface area contributed by atoms with E-state index in [4.69, 9.17) is 14.1 Å². The smallest absolute Gasteiger partial charge is 0.191 e. The summed E-state index contributed by atoms with van der Waals surface area (Å²) in [5, 5.41) is 9.22. The predicted molar refractivity (Wildman–Crippen MR) is 135 cm³/mol. The Balaban J connectivity index is 0.00000320. The molecule has 2 aromatic rings. The van der Waals surface area contributed by atoms with Crippen LogP contribution in [0.1, 0.15) is 37.3 Å². The van der Waals surface area contributed by atoms with Gasteiger partial charge in [-0.15, -0.1) is 35.3 Å². The molecule has 1 aliphatic rings. The Labute approximate surface area is 201 Å². The van der Waals surface area contributed by atoms with Crippen LogP contribution in [0, 0.1) is 0 Å². The lowest BCUT2D eigenvalue weighted by Crippen LogP contribution is -2.49. The molecule has 2 N–H and O–H groups in total. The molecule has 0 saturated carbocycles. The number of rotatable bonds is 10. The van der Waals surface area contributed by atoms with E-state index in [0.29, 0.717) is 18.7 Å². The van der Waals surface area contributed by atoms with E-state index in [-0.39, 0.29) is 24.0 Å². The molecule has 6 nitrogen and oxygen atoms in total. The second-order valence-corrected chi connectivity index (χ2v) is 8.71. The molecule has 3 heterocycles. The molecule has 168 valence electrons. The second-order valence-electron chi connectivity index (χ2n) is 7.68. The summed E-state index contributed by atoms with van der Waals surface area (Å²) in [5.74, 6) is 1.89. The first-order valence-corrected chi connectivity index (χ1v) is 11.5. The molecular formula is C22H35IN4O2S. The average Bonchev–Trinajstić information content (AvgIpc) is 3.41. The topological polar surface area (TPSA) is 62.0 Å².